The third kappa shape index (κ3) is 4.25. The summed E-state index contributed by atoms with van der Waals surface area (Å²) in [5, 5.41) is 6.60. The smallest absolute Gasteiger partial charge is 0.107 e. The first-order valence-corrected chi connectivity index (χ1v) is 9.27. The van der Waals surface area contributed by atoms with E-state index in [2.05, 4.69) is 20.5 Å². The maximum absolute atomic E-state index is 4.71. The molecule has 1 N–H and O–H groups in total. The van der Waals surface area contributed by atoms with Crippen LogP contribution in [0.3, 0.4) is 0 Å². The number of thiazole rings is 1. The lowest BCUT2D eigenvalue weighted by atomic mass is 10.00. The van der Waals surface area contributed by atoms with Crippen LogP contribution in [-0.4, -0.2) is 54.1 Å². The molecule has 0 saturated carbocycles. The predicted molar refractivity (Wildman–Crippen MR) is 88.6 cm³/mol. The molecule has 0 bridgehead atoms. The molecule has 1 aromatic rings. The molecule has 118 valence electrons. The molecule has 4 nitrogen and oxygen atoms in total. The number of nitrogens with zero attached hydrogens (tertiary/aromatic N) is 3. The van der Waals surface area contributed by atoms with E-state index >= 15 is 0 Å². The van der Waals surface area contributed by atoms with Crippen LogP contribution in [0.25, 0.3) is 0 Å². The molecule has 3 heterocycles. The Bertz CT molecular complexity index is 420. The minimum absolute atomic E-state index is 0.844. The third-order valence-corrected chi connectivity index (χ3v) is 5.67. The fourth-order valence-electron chi connectivity index (χ4n) is 3.61. The van der Waals surface area contributed by atoms with Gasteiger partial charge in [0.1, 0.15) is 5.01 Å². The fourth-order valence-corrected chi connectivity index (χ4v) is 4.41. The van der Waals surface area contributed by atoms with Crippen LogP contribution in [0.4, 0.5) is 0 Å². The van der Waals surface area contributed by atoms with Crippen LogP contribution in [0, 0.1) is 0 Å². The zero-order valence-electron chi connectivity index (χ0n) is 13.2. The van der Waals surface area contributed by atoms with Gasteiger partial charge in [0, 0.05) is 37.6 Å². The molecule has 5 heteroatoms. The van der Waals surface area contributed by atoms with Crippen LogP contribution in [0.5, 0.6) is 0 Å². The third-order valence-electron chi connectivity index (χ3n) is 4.78. The Balaban J connectivity index is 1.44. The highest BCUT2D eigenvalue weighted by Crippen LogP contribution is 2.22. The molecular formula is C16H28N4S. The summed E-state index contributed by atoms with van der Waals surface area (Å²) in [4.78, 5) is 10.0. The Kier molecular flexibility index (Phi) is 5.63. The SMILES string of the molecule is CNCc1nc(CN2CCC(N3CCCCC3)CC2)cs1. The van der Waals surface area contributed by atoms with Crippen molar-refractivity contribution < 1.29 is 0 Å². The van der Waals surface area contributed by atoms with Gasteiger partial charge in [-0.2, -0.15) is 0 Å². The fraction of sp³-hybridized carbons (Fsp3) is 0.812. The van der Waals surface area contributed by atoms with Crippen LogP contribution in [0.2, 0.25) is 0 Å². The van der Waals surface area contributed by atoms with Gasteiger partial charge < -0.3 is 10.2 Å². The molecule has 0 unspecified atom stereocenters. The van der Waals surface area contributed by atoms with Crippen molar-refractivity contribution >= 4 is 11.3 Å². The van der Waals surface area contributed by atoms with E-state index in [1.54, 1.807) is 11.3 Å². The topological polar surface area (TPSA) is 31.4 Å². The summed E-state index contributed by atoms with van der Waals surface area (Å²) in [6, 6.07) is 0.844. The van der Waals surface area contributed by atoms with Crippen molar-refractivity contribution in [2.75, 3.05) is 33.2 Å². The normalized spacial score (nSPS) is 22.7. The highest BCUT2D eigenvalue weighted by molar-refractivity contribution is 7.09. The van der Waals surface area contributed by atoms with Crippen LogP contribution in [0.15, 0.2) is 5.38 Å². The predicted octanol–water partition coefficient (Wildman–Crippen LogP) is 2.31. The average Bonchev–Trinajstić information content (AvgIpc) is 2.97. The summed E-state index contributed by atoms with van der Waals surface area (Å²) in [7, 11) is 1.98. The Hall–Kier alpha value is -0.490. The van der Waals surface area contributed by atoms with Gasteiger partial charge in [0.15, 0.2) is 0 Å². The molecular weight excluding hydrogens is 280 g/mol. The van der Waals surface area contributed by atoms with Gasteiger partial charge in [-0.15, -0.1) is 11.3 Å². The zero-order valence-corrected chi connectivity index (χ0v) is 14.0. The largest absolute Gasteiger partial charge is 0.314 e. The molecule has 2 aliphatic heterocycles. The minimum Gasteiger partial charge on any atom is -0.314 e. The Morgan fingerprint density at radius 3 is 2.67 bits per heavy atom. The summed E-state index contributed by atoms with van der Waals surface area (Å²) in [5.74, 6) is 0. The van der Waals surface area contributed by atoms with Crippen molar-refractivity contribution in [3.05, 3.63) is 16.1 Å². The summed E-state index contributed by atoms with van der Waals surface area (Å²) < 4.78 is 0. The number of nitrogens with one attached hydrogen (secondary N) is 1. The first-order chi connectivity index (χ1) is 10.3. The molecule has 2 saturated heterocycles. The van der Waals surface area contributed by atoms with Gasteiger partial charge in [-0.25, -0.2) is 4.98 Å². The Morgan fingerprint density at radius 2 is 1.95 bits per heavy atom. The second-order valence-corrected chi connectivity index (χ2v) is 7.31. The lowest BCUT2D eigenvalue weighted by Crippen LogP contribution is -2.46. The van der Waals surface area contributed by atoms with E-state index in [0.717, 1.165) is 19.1 Å². The highest BCUT2D eigenvalue weighted by Gasteiger charge is 2.25. The second-order valence-electron chi connectivity index (χ2n) is 6.37. The maximum Gasteiger partial charge on any atom is 0.107 e. The van der Waals surface area contributed by atoms with Gasteiger partial charge in [0.25, 0.3) is 0 Å². The van der Waals surface area contributed by atoms with Gasteiger partial charge in [-0.3, -0.25) is 4.90 Å². The number of aromatic nitrogens is 1. The number of hydrogen-bond donors (Lipinski definition) is 1. The molecule has 3 rings (SSSR count). The zero-order chi connectivity index (χ0) is 14.5. The number of likely N-dealkylation sites (tertiary alicyclic amines) is 2. The van der Waals surface area contributed by atoms with Crippen molar-refractivity contribution in [2.45, 2.75) is 51.2 Å². The lowest BCUT2D eigenvalue weighted by molar-refractivity contribution is 0.0892. The van der Waals surface area contributed by atoms with Gasteiger partial charge in [-0.05, 0) is 45.8 Å². The minimum atomic E-state index is 0.844. The van der Waals surface area contributed by atoms with Crippen molar-refractivity contribution in [1.82, 2.24) is 20.1 Å². The van der Waals surface area contributed by atoms with Crippen molar-refractivity contribution in [1.29, 1.82) is 0 Å². The molecule has 2 aliphatic rings. The van der Waals surface area contributed by atoms with Crippen LogP contribution >= 0.6 is 11.3 Å². The van der Waals surface area contributed by atoms with Crippen LogP contribution in [0.1, 0.15) is 42.8 Å². The van der Waals surface area contributed by atoms with Crippen molar-refractivity contribution in [2.24, 2.45) is 0 Å². The summed E-state index contributed by atoms with van der Waals surface area (Å²) in [5.41, 5.74) is 1.25. The van der Waals surface area contributed by atoms with Crippen molar-refractivity contribution in [3.63, 3.8) is 0 Å². The van der Waals surface area contributed by atoms with Crippen molar-refractivity contribution in [3.8, 4) is 0 Å². The van der Waals surface area contributed by atoms with E-state index in [4.69, 9.17) is 4.98 Å². The quantitative estimate of drug-likeness (QED) is 0.904. The van der Waals surface area contributed by atoms with Gasteiger partial charge in [0.05, 0.1) is 5.69 Å². The molecule has 0 amide bonds. The highest BCUT2D eigenvalue weighted by atomic mass is 32.1. The van der Waals surface area contributed by atoms with Crippen LogP contribution < -0.4 is 5.32 Å². The molecule has 21 heavy (non-hydrogen) atoms. The van der Waals surface area contributed by atoms with E-state index in [1.165, 1.54) is 69.0 Å². The molecule has 0 aromatic carbocycles. The molecule has 2 fully saturated rings. The van der Waals surface area contributed by atoms with E-state index in [1.807, 2.05) is 7.05 Å². The first kappa shape index (κ1) is 15.4. The number of piperidine rings is 2. The molecule has 0 radical (unpaired) electrons. The molecule has 0 aliphatic carbocycles. The molecule has 1 aromatic heterocycles. The molecule has 0 atom stereocenters. The Morgan fingerprint density at radius 1 is 1.19 bits per heavy atom. The van der Waals surface area contributed by atoms with Gasteiger partial charge in [0.2, 0.25) is 0 Å². The van der Waals surface area contributed by atoms with Gasteiger partial charge in [-0.1, -0.05) is 6.42 Å². The number of hydrogen-bond acceptors (Lipinski definition) is 5. The van der Waals surface area contributed by atoms with E-state index in [0.29, 0.717) is 0 Å². The number of rotatable bonds is 5. The summed E-state index contributed by atoms with van der Waals surface area (Å²) in [6.45, 7) is 7.07. The standard InChI is InChI=1S/C16H28N4S/c1-17-11-16-18-14(13-21-16)12-19-9-5-15(6-10-19)20-7-3-2-4-8-20/h13,15,17H,2-12H2,1H3. The summed E-state index contributed by atoms with van der Waals surface area (Å²) >= 11 is 1.78. The van der Waals surface area contributed by atoms with Gasteiger partial charge >= 0.3 is 0 Å². The van der Waals surface area contributed by atoms with E-state index in [-0.39, 0.29) is 0 Å². The molecule has 0 spiro atoms. The summed E-state index contributed by atoms with van der Waals surface area (Å²) in [6.07, 6.45) is 6.94. The Labute approximate surface area is 132 Å². The van der Waals surface area contributed by atoms with Crippen LogP contribution in [-0.2, 0) is 13.1 Å². The second kappa shape index (κ2) is 7.68. The monoisotopic (exact) mass is 308 g/mol. The first-order valence-electron chi connectivity index (χ1n) is 8.39. The van der Waals surface area contributed by atoms with E-state index in [9.17, 15) is 0 Å². The maximum atomic E-state index is 4.71. The van der Waals surface area contributed by atoms with E-state index < -0.39 is 0 Å². The average molecular weight is 308 g/mol. The lowest BCUT2D eigenvalue weighted by Gasteiger charge is -2.40.